The van der Waals surface area contributed by atoms with Crippen LogP contribution < -0.4 is 15.7 Å². The first-order chi connectivity index (χ1) is 15.4. The topological polar surface area (TPSA) is 122 Å². The first-order valence-corrected chi connectivity index (χ1v) is 10.7. The van der Waals surface area contributed by atoms with Crippen LogP contribution in [-0.2, 0) is 4.74 Å². The summed E-state index contributed by atoms with van der Waals surface area (Å²) in [6.45, 7) is 9.16. The molecular formula is C23H30N4O5. The van der Waals surface area contributed by atoms with E-state index in [0.717, 1.165) is 13.1 Å². The van der Waals surface area contributed by atoms with E-state index in [0.29, 0.717) is 42.4 Å². The molecular weight excluding hydrogens is 412 g/mol. The number of phenols is 2. The Bertz CT molecular complexity index is 1070. The van der Waals surface area contributed by atoms with E-state index in [-0.39, 0.29) is 23.2 Å². The fraction of sp³-hybridized carbons (Fsp3) is 0.391. The molecule has 4 N–H and O–H groups in total. The van der Waals surface area contributed by atoms with E-state index < -0.39 is 5.69 Å². The average Bonchev–Trinajstić information content (AvgIpc) is 3.14. The van der Waals surface area contributed by atoms with Crippen molar-refractivity contribution in [3.63, 3.8) is 0 Å². The Morgan fingerprint density at radius 2 is 1.84 bits per heavy atom. The molecule has 2 aromatic carbocycles. The number of nitrogens with zero attached hydrogens (tertiary/aromatic N) is 2. The number of nitrogens with one attached hydrogen (secondary N) is 2. The van der Waals surface area contributed by atoms with Crippen molar-refractivity contribution in [2.45, 2.75) is 26.7 Å². The fourth-order valence-corrected chi connectivity index (χ4v) is 3.29. The summed E-state index contributed by atoms with van der Waals surface area (Å²) in [5.41, 5.74) is 1.11. The number of phenolic OH excluding ortho intramolecular Hbond substituents is 2. The number of aromatic hydroxyl groups is 2. The van der Waals surface area contributed by atoms with Crippen molar-refractivity contribution in [3.8, 4) is 34.3 Å². The lowest BCUT2D eigenvalue weighted by Crippen LogP contribution is -2.20. The van der Waals surface area contributed by atoms with Gasteiger partial charge >= 0.3 is 5.69 Å². The smallest absolute Gasteiger partial charge is 0.348 e. The minimum Gasteiger partial charge on any atom is -0.508 e. The molecule has 0 spiro atoms. The van der Waals surface area contributed by atoms with Gasteiger partial charge in [-0.05, 0) is 48.4 Å². The second kappa shape index (κ2) is 10.8. The lowest BCUT2D eigenvalue weighted by atomic mass is 9.98. The number of likely N-dealkylation sites (N-methyl/N-ethyl adjacent to an activating group) is 1. The van der Waals surface area contributed by atoms with Crippen LogP contribution in [0.4, 0.5) is 0 Å². The average molecular weight is 443 g/mol. The van der Waals surface area contributed by atoms with Gasteiger partial charge in [-0.3, -0.25) is 0 Å². The van der Waals surface area contributed by atoms with Crippen molar-refractivity contribution in [2.24, 2.45) is 0 Å². The van der Waals surface area contributed by atoms with Crippen LogP contribution in [0.15, 0.2) is 41.2 Å². The van der Waals surface area contributed by atoms with Gasteiger partial charge in [-0.25, -0.2) is 14.5 Å². The lowest BCUT2D eigenvalue weighted by molar-refractivity contribution is 0.102. The maximum Gasteiger partial charge on any atom is 0.348 e. The molecule has 0 saturated heterocycles. The Morgan fingerprint density at radius 3 is 2.53 bits per heavy atom. The zero-order valence-corrected chi connectivity index (χ0v) is 18.6. The Kier molecular flexibility index (Phi) is 7.91. The molecule has 9 nitrogen and oxygen atoms in total. The van der Waals surface area contributed by atoms with Gasteiger partial charge in [-0.15, -0.1) is 0 Å². The third-order valence-electron chi connectivity index (χ3n) is 4.94. The highest BCUT2D eigenvalue weighted by Crippen LogP contribution is 2.37. The number of aromatic nitrogens is 3. The molecule has 1 heterocycles. The SMILES string of the molecule is CCNCCOCCOc1ccc(-n2c(-c3cc(C(C)C)c(O)cc3O)n[nH]c2=O)cc1. The molecule has 1 aromatic heterocycles. The molecule has 0 saturated carbocycles. The van der Waals surface area contributed by atoms with Gasteiger partial charge in [0.2, 0.25) is 0 Å². The van der Waals surface area contributed by atoms with E-state index in [2.05, 4.69) is 15.5 Å². The van der Waals surface area contributed by atoms with Crippen molar-refractivity contribution >= 4 is 0 Å². The predicted octanol–water partition coefficient (Wildman–Crippen LogP) is 2.77. The third kappa shape index (κ3) is 5.49. The zero-order chi connectivity index (χ0) is 23.1. The van der Waals surface area contributed by atoms with Crippen LogP contribution in [0.3, 0.4) is 0 Å². The van der Waals surface area contributed by atoms with E-state index in [1.165, 1.54) is 10.6 Å². The number of hydrogen-bond acceptors (Lipinski definition) is 7. The van der Waals surface area contributed by atoms with Gasteiger partial charge in [0.1, 0.15) is 23.9 Å². The van der Waals surface area contributed by atoms with Crippen LogP contribution in [0.5, 0.6) is 17.2 Å². The monoisotopic (exact) mass is 442 g/mol. The quantitative estimate of drug-likeness (QED) is 0.337. The van der Waals surface area contributed by atoms with Crippen LogP contribution in [0.25, 0.3) is 17.1 Å². The predicted molar refractivity (Wildman–Crippen MR) is 122 cm³/mol. The lowest BCUT2D eigenvalue weighted by Gasteiger charge is -2.13. The number of hydrogen-bond donors (Lipinski definition) is 4. The Morgan fingerprint density at radius 1 is 1.09 bits per heavy atom. The molecule has 0 bridgehead atoms. The van der Waals surface area contributed by atoms with E-state index in [4.69, 9.17) is 9.47 Å². The molecule has 3 rings (SSSR count). The van der Waals surface area contributed by atoms with Gasteiger partial charge in [-0.2, -0.15) is 5.10 Å². The van der Waals surface area contributed by atoms with Crippen LogP contribution >= 0.6 is 0 Å². The summed E-state index contributed by atoms with van der Waals surface area (Å²) < 4.78 is 12.5. The van der Waals surface area contributed by atoms with Gasteiger partial charge in [0.25, 0.3) is 0 Å². The summed E-state index contributed by atoms with van der Waals surface area (Å²) in [6, 6.07) is 9.91. The number of rotatable bonds is 11. The van der Waals surface area contributed by atoms with E-state index in [1.807, 2.05) is 20.8 Å². The van der Waals surface area contributed by atoms with Crippen molar-refractivity contribution in [1.82, 2.24) is 20.1 Å². The van der Waals surface area contributed by atoms with Gasteiger partial charge in [0.05, 0.1) is 24.5 Å². The van der Waals surface area contributed by atoms with Crippen LogP contribution in [0.1, 0.15) is 32.3 Å². The second-order valence-corrected chi connectivity index (χ2v) is 7.58. The first-order valence-electron chi connectivity index (χ1n) is 10.7. The molecule has 0 amide bonds. The molecule has 3 aromatic rings. The van der Waals surface area contributed by atoms with Crippen molar-refractivity contribution in [1.29, 1.82) is 0 Å². The van der Waals surface area contributed by atoms with E-state index >= 15 is 0 Å². The summed E-state index contributed by atoms with van der Waals surface area (Å²) in [7, 11) is 0. The normalized spacial score (nSPS) is 11.2. The van der Waals surface area contributed by atoms with Gasteiger partial charge in [0, 0.05) is 12.6 Å². The summed E-state index contributed by atoms with van der Waals surface area (Å²) in [5, 5.41) is 30.2. The van der Waals surface area contributed by atoms with E-state index in [1.54, 1.807) is 30.3 Å². The molecule has 172 valence electrons. The first kappa shape index (κ1) is 23.4. The molecule has 0 aliphatic rings. The molecule has 0 aliphatic carbocycles. The molecule has 0 atom stereocenters. The summed E-state index contributed by atoms with van der Waals surface area (Å²) in [4.78, 5) is 12.5. The Labute approximate surface area is 186 Å². The molecule has 9 heteroatoms. The van der Waals surface area contributed by atoms with Crippen molar-refractivity contribution in [3.05, 3.63) is 52.4 Å². The number of ether oxygens (including phenoxy) is 2. The van der Waals surface area contributed by atoms with Crippen LogP contribution in [-0.4, -0.2) is 57.9 Å². The summed E-state index contributed by atoms with van der Waals surface area (Å²) >= 11 is 0. The minimum atomic E-state index is -0.443. The number of H-pyrrole nitrogens is 1. The van der Waals surface area contributed by atoms with Gasteiger partial charge in [-0.1, -0.05) is 20.8 Å². The molecule has 0 fully saturated rings. The highest BCUT2D eigenvalue weighted by molar-refractivity contribution is 5.69. The maximum atomic E-state index is 12.5. The second-order valence-electron chi connectivity index (χ2n) is 7.58. The van der Waals surface area contributed by atoms with Crippen LogP contribution in [0, 0.1) is 0 Å². The molecule has 0 radical (unpaired) electrons. The van der Waals surface area contributed by atoms with Crippen molar-refractivity contribution in [2.75, 3.05) is 32.9 Å². The Hall–Kier alpha value is -3.30. The number of aromatic amines is 1. The third-order valence-corrected chi connectivity index (χ3v) is 4.94. The Balaban J connectivity index is 1.76. The summed E-state index contributed by atoms with van der Waals surface area (Å²) in [6.07, 6.45) is 0. The number of benzene rings is 2. The van der Waals surface area contributed by atoms with Crippen LogP contribution in [0.2, 0.25) is 0 Å². The van der Waals surface area contributed by atoms with E-state index in [9.17, 15) is 15.0 Å². The van der Waals surface area contributed by atoms with Gasteiger partial charge in [0.15, 0.2) is 5.82 Å². The van der Waals surface area contributed by atoms with Gasteiger partial charge < -0.3 is 25.0 Å². The highest BCUT2D eigenvalue weighted by atomic mass is 16.5. The van der Waals surface area contributed by atoms with Crippen molar-refractivity contribution < 1.29 is 19.7 Å². The largest absolute Gasteiger partial charge is 0.508 e. The summed E-state index contributed by atoms with van der Waals surface area (Å²) in [5.74, 6) is 0.754. The minimum absolute atomic E-state index is 0.00205. The molecule has 0 aliphatic heterocycles. The fourth-order valence-electron chi connectivity index (χ4n) is 3.29. The molecule has 0 unspecified atom stereocenters. The zero-order valence-electron chi connectivity index (χ0n) is 18.6. The molecule has 32 heavy (non-hydrogen) atoms. The highest BCUT2D eigenvalue weighted by Gasteiger charge is 2.19. The standard InChI is InChI=1S/C23H30N4O5/c1-4-24-9-10-31-11-12-32-17-7-5-16(6-8-17)27-22(25-26-23(27)30)19-13-18(15(2)3)20(28)14-21(19)29/h5-8,13-15,24,28-29H,4,9-12H2,1-3H3,(H,26,30). The maximum absolute atomic E-state index is 12.5.